The molecule has 0 bridgehead atoms. The number of rotatable bonds is 8. The van der Waals surface area contributed by atoms with E-state index in [-0.39, 0.29) is 31.0 Å². The molecule has 2 aromatic rings. The topological polar surface area (TPSA) is 59.6 Å². The van der Waals surface area contributed by atoms with E-state index in [4.69, 9.17) is 9.47 Å². The van der Waals surface area contributed by atoms with Crippen molar-refractivity contribution in [3.63, 3.8) is 0 Å². The van der Waals surface area contributed by atoms with Crippen LogP contribution in [0.5, 0.6) is 11.5 Å². The molecule has 0 radical (unpaired) electrons. The number of nitrogens with one attached hydrogen (secondary N) is 2. The van der Waals surface area contributed by atoms with Crippen molar-refractivity contribution in [2.75, 3.05) is 26.3 Å². The molecule has 0 aliphatic carbocycles. The highest BCUT2D eigenvalue weighted by atomic mass is 35.5. The average molecular weight is 391 g/mol. The van der Waals surface area contributed by atoms with Gasteiger partial charge in [0, 0.05) is 12.6 Å². The first-order chi connectivity index (χ1) is 12.8. The molecule has 2 aromatic carbocycles. The summed E-state index contributed by atoms with van der Waals surface area (Å²) in [6.45, 7) is 4.26. The van der Waals surface area contributed by atoms with Crippen LogP contribution in [0.4, 0.5) is 0 Å². The van der Waals surface area contributed by atoms with Crippen molar-refractivity contribution in [2.45, 2.75) is 25.8 Å². The Labute approximate surface area is 166 Å². The first kappa shape index (κ1) is 21.1. The zero-order valence-corrected chi connectivity index (χ0v) is 16.4. The second-order valence-corrected chi connectivity index (χ2v) is 6.37. The van der Waals surface area contributed by atoms with Crippen molar-refractivity contribution in [2.24, 2.45) is 0 Å². The maximum Gasteiger partial charge on any atom is 0.258 e. The highest BCUT2D eigenvalue weighted by molar-refractivity contribution is 5.85. The maximum absolute atomic E-state index is 12.1. The Morgan fingerprint density at radius 3 is 2.56 bits per heavy atom. The van der Waals surface area contributed by atoms with Crippen LogP contribution in [0.3, 0.4) is 0 Å². The number of ether oxygens (including phenoxy) is 2. The minimum atomic E-state index is -0.124. The van der Waals surface area contributed by atoms with Gasteiger partial charge < -0.3 is 20.1 Å². The smallest absolute Gasteiger partial charge is 0.258 e. The SMILES string of the molecule is CCCOc1ccc(OCC(=O)NCC2NCCc3ccccc32)cc1.Cl. The summed E-state index contributed by atoms with van der Waals surface area (Å²) in [5.41, 5.74) is 2.62. The molecular formula is C21H27ClN2O3. The van der Waals surface area contributed by atoms with Crippen molar-refractivity contribution in [1.82, 2.24) is 10.6 Å². The van der Waals surface area contributed by atoms with E-state index in [1.807, 2.05) is 30.3 Å². The summed E-state index contributed by atoms with van der Waals surface area (Å²) in [7, 11) is 0. The van der Waals surface area contributed by atoms with E-state index in [1.54, 1.807) is 0 Å². The monoisotopic (exact) mass is 390 g/mol. The van der Waals surface area contributed by atoms with Crippen LogP contribution in [-0.2, 0) is 11.2 Å². The molecule has 27 heavy (non-hydrogen) atoms. The van der Waals surface area contributed by atoms with Crippen molar-refractivity contribution in [3.05, 3.63) is 59.7 Å². The molecule has 1 aliphatic heterocycles. The Morgan fingerprint density at radius 1 is 1.11 bits per heavy atom. The fraction of sp³-hybridized carbons (Fsp3) is 0.381. The molecule has 0 spiro atoms. The molecule has 1 heterocycles. The third kappa shape index (κ3) is 6.15. The van der Waals surface area contributed by atoms with Gasteiger partial charge in [0.25, 0.3) is 5.91 Å². The first-order valence-electron chi connectivity index (χ1n) is 9.20. The molecule has 2 N–H and O–H groups in total. The van der Waals surface area contributed by atoms with Gasteiger partial charge in [-0.05, 0) is 54.8 Å². The summed E-state index contributed by atoms with van der Waals surface area (Å²) >= 11 is 0. The van der Waals surface area contributed by atoms with Gasteiger partial charge in [0.05, 0.1) is 6.61 Å². The Kier molecular flexibility index (Phi) is 8.43. The van der Waals surface area contributed by atoms with Crippen LogP contribution < -0.4 is 20.1 Å². The molecule has 0 saturated heterocycles. The lowest BCUT2D eigenvalue weighted by molar-refractivity contribution is -0.123. The minimum absolute atomic E-state index is 0. The van der Waals surface area contributed by atoms with Gasteiger partial charge in [-0.2, -0.15) is 0 Å². The molecule has 0 saturated carbocycles. The van der Waals surface area contributed by atoms with Gasteiger partial charge in [0.2, 0.25) is 0 Å². The molecular weight excluding hydrogens is 364 g/mol. The largest absolute Gasteiger partial charge is 0.494 e. The number of hydrogen-bond donors (Lipinski definition) is 2. The molecule has 1 amide bonds. The van der Waals surface area contributed by atoms with Gasteiger partial charge in [0.15, 0.2) is 6.61 Å². The number of hydrogen-bond acceptors (Lipinski definition) is 4. The molecule has 146 valence electrons. The quantitative estimate of drug-likeness (QED) is 0.726. The summed E-state index contributed by atoms with van der Waals surface area (Å²) < 4.78 is 11.1. The third-order valence-electron chi connectivity index (χ3n) is 4.39. The number of carbonyl (C=O) groups excluding carboxylic acids is 1. The fourth-order valence-corrected chi connectivity index (χ4v) is 3.04. The van der Waals surface area contributed by atoms with Crippen molar-refractivity contribution >= 4 is 18.3 Å². The molecule has 6 heteroatoms. The van der Waals surface area contributed by atoms with Crippen LogP contribution in [-0.4, -0.2) is 32.2 Å². The van der Waals surface area contributed by atoms with Crippen LogP contribution in [0.1, 0.15) is 30.5 Å². The van der Waals surface area contributed by atoms with Gasteiger partial charge in [-0.1, -0.05) is 31.2 Å². The average Bonchev–Trinajstić information content (AvgIpc) is 2.70. The van der Waals surface area contributed by atoms with Crippen LogP contribution >= 0.6 is 12.4 Å². The van der Waals surface area contributed by atoms with Gasteiger partial charge >= 0.3 is 0 Å². The fourth-order valence-electron chi connectivity index (χ4n) is 3.04. The third-order valence-corrected chi connectivity index (χ3v) is 4.39. The Bertz CT molecular complexity index is 722. The van der Waals surface area contributed by atoms with Crippen LogP contribution in [0.25, 0.3) is 0 Å². The lowest BCUT2D eigenvalue weighted by Gasteiger charge is -2.27. The van der Waals surface area contributed by atoms with E-state index in [1.165, 1.54) is 11.1 Å². The van der Waals surface area contributed by atoms with E-state index in [0.29, 0.717) is 18.9 Å². The van der Waals surface area contributed by atoms with Crippen LogP contribution in [0.15, 0.2) is 48.5 Å². The highest BCUT2D eigenvalue weighted by Crippen LogP contribution is 2.22. The second-order valence-electron chi connectivity index (χ2n) is 6.37. The standard InChI is InChI=1S/C21H26N2O3.ClH/c1-2-13-25-17-7-9-18(10-8-17)26-15-21(24)23-14-20-19-6-4-3-5-16(19)11-12-22-20;/h3-10,20,22H,2,11-15H2,1H3,(H,23,24);1H. The Hall–Kier alpha value is -2.24. The highest BCUT2D eigenvalue weighted by Gasteiger charge is 2.19. The van der Waals surface area contributed by atoms with E-state index in [0.717, 1.165) is 25.1 Å². The molecule has 0 fully saturated rings. The van der Waals surface area contributed by atoms with Crippen LogP contribution in [0.2, 0.25) is 0 Å². The van der Waals surface area contributed by atoms with Gasteiger partial charge in [-0.25, -0.2) is 0 Å². The summed E-state index contributed by atoms with van der Waals surface area (Å²) in [4.78, 5) is 12.1. The van der Waals surface area contributed by atoms with Gasteiger partial charge in [-0.15, -0.1) is 12.4 Å². The summed E-state index contributed by atoms with van der Waals surface area (Å²) in [6.07, 6.45) is 2.00. The molecule has 3 rings (SSSR count). The van der Waals surface area contributed by atoms with E-state index in [2.05, 4.69) is 35.8 Å². The molecule has 1 aliphatic rings. The molecule has 1 unspecified atom stereocenters. The Morgan fingerprint density at radius 2 is 1.81 bits per heavy atom. The van der Waals surface area contributed by atoms with E-state index < -0.39 is 0 Å². The molecule has 0 aromatic heterocycles. The van der Waals surface area contributed by atoms with Crippen molar-refractivity contribution in [3.8, 4) is 11.5 Å². The number of carbonyl (C=O) groups is 1. The lowest BCUT2D eigenvalue weighted by Crippen LogP contribution is -2.40. The zero-order valence-electron chi connectivity index (χ0n) is 15.6. The van der Waals surface area contributed by atoms with E-state index in [9.17, 15) is 4.79 Å². The zero-order chi connectivity index (χ0) is 18.2. The number of fused-ring (bicyclic) bond motifs is 1. The Balaban J connectivity index is 0.00000261. The predicted octanol–water partition coefficient (Wildman–Crippen LogP) is 3.28. The predicted molar refractivity (Wildman–Crippen MR) is 109 cm³/mol. The summed E-state index contributed by atoms with van der Waals surface area (Å²) in [6, 6.07) is 15.9. The van der Waals surface area contributed by atoms with E-state index >= 15 is 0 Å². The van der Waals surface area contributed by atoms with Crippen LogP contribution in [0, 0.1) is 0 Å². The number of halogens is 1. The summed E-state index contributed by atoms with van der Waals surface area (Å²) in [5.74, 6) is 1.34. The first-order valence-corrected chi connectivity index (χ1v) is 9.20. The van der Waals surface area contributed by atoms with Gasteiger partial charge in [0.1, 0.15) is 11.5 Å². The maximum atomic E-state index is 12.1. The lowest BCUT2D eigenvalue weighted by atomic mass is 9.94. The number of amides is 1. The molecule has 5 nitrogen and oxygen atoms in total. The number of benzene rings is 2. The normalized spacial score (nSPS) is 15.2. The second kappa shape index (κ2) is 10.8. The van der Waals surface area contributed by atoms with Gasteiger partial charge in [-0.3, -0.25) is 4.79 Å². The molecule has 1 atom stereocenters. The minimum Gasteiger partial charge on any atom is -0.494 e. The van der Waals surface area contributed by atoms with Crippen molar-refractivity contribution in [1.29, 1.82) is 0 Å². The summed E-state index contributed by atoms with van der Waals surface area (Å²) in [5, 5.41) is 6.41. The van der Waals surface area contributed by atoms with Crippen molar-refractivity contribution < 1.29 is 14.3 Å².